The maximum Gasteiger partial charge on any atom is 0.325 e. The molecular weight excluding hydrogens is 256 g/mol. The van der Waals surface area contributed by atoms with Crippen molar-refractivity contribution in [2.45, 2.75) is 19.5 Å². The van der Waals surface area contributed by atoms with Crippen LogP contribution in [0.1, 0.15) is 12.6 Å². The van der Waals surface area contributed by atoms with Crippen molar-refractivity contribution in [2.75, 3.05) is 0 Å². The van der Waals surface area contributed by atoms with Gasteiger partial charge in [0.15, 0.2) is 4.96 Å². The Labute approximate surface area is 106 Å². The van der Waals surface area contributed by atoms with Gasteiger partial charge in [-0.15, -0.1) is 11.3 Å². The topological polar surface area (TPSA) is 95.7 Å². The molecule has 0 saturated heterocycles. The standard InChI is InChI=1S/C10H12N4O3S/c1-6(8(15)16)12-9(17)11-4-7-5-14-2-3-18-10(14)13-7/h2-3,5-6H,4H2,1H3,(H,15,16)(H2,11,12,17). The van der Waals surface area contributed by atoms with E-state index in [0.717, 1.165) is 10.7 Å². The maximum absolute atomic E-state index is 11.4. The Morgan fingerprint density at radius 1 is 1.61 bits per heavy atom. The quantitative estimate of drug-likeness (QED) is 0.759. The van der Waals surface area contributed by atoms with Crippen LogP contribution in [0.3, 0.4) is 0 Å². The van der Waals surface area contributed by atoms with Crippen LogP contribution in [0.4, 0.5) is 4.79 Å². The monoisotopic (exact) mass is 268 g/mol. The minimum absolute atomic E-state index is 0.257. The summed E-state index contributed by atoms with van der Waals surface area (Å²) in [5.41, 5.74) is 0.722. The number of carboxylic acids is 1. The molecule has 2 heterocycles. The second-order valence-electron chi connectivity index (χ2n) is 3.71. The fourth-order valence-electron chi connectivity index (χ4n) is 1.34. The normalized spacial score (nSPS) is 12.3. The first-order chi connectivity index (χ1) is 8.56. The number of amides is 2. The Morgan fingerprint density at radius 3 is 3.06 bits per heavy atom. The van der Waals surface area contributed by atoms with Crippen molar-refractivity contribution in [1.82, 2.24) is 20.0 Å². The van der Waals surface area contributed by atoms with E-state index in [0.29, 0.717) is 0 Å². The summed E-state index contributed by atoms with van der Waals surface area (Å²) in [6.45, 7) is 1.65. The molecule has 7 nitrogen and oxygen atoms in total. The number of carbonyl (C=O) groups excluding carboxylic acids is 1. The highest BCUT2D eigenvalue weighted by Gasteiger charge is 2.13. The zero-order valence-corrected chi connectivity index (χ0v) is 10.4. The van der Waals surface area contributed by atoms with E-state index in [-0.39, 0.29) is 6.54 Å². The van der Waals surface area contributed by atoms with Crippen LogP contribution in [0.5, 0.6) is 0 Å². The second-order valence-corrected chi connectivity index (χ2v) is 4.59. The van der Waals surface area contributed by atoms with E-state index < -0.39 is 18.0 Å². The van der Waals surface area contributed by atoms with Crippen LogP contribution in [-0.2, 0) is 11.3 Å². The molecular formula is C10H12N4O3S. The van der Waals surface area contributed by atoms with Gasteiger partial charge < -0.3 is 15.7 Å². The zero-order valence-electron chi connectivity index (χ0n) is 9.58. The van der Waals surface area contributed by atoms with E-state index in [1.165, 1.54) is 18.3 Å². The van der Waals surface area contributed by atoms with Crippen LogP contribution in [0.25, 0.3) is 4.96 Å². The Hall–Kier alpha value is -2.09. The Bertz CT molecular complexity index is 548. The van der Waals surface area contributed by atoms with Gasteiger partial charge in [0.25, 0.3) is 0 Å². The number of nitrogens with one attached hydrogen (secondary N) is 2. The predicted molar refractivity (Wildman–Crippen MR) is 65.5 cm³/mol. The van der Waals surface area contributed by atoms with Gasteiger partial charge in [-0.05, 0) is 6.92 Å². The number of urea groups is 1. The van der Waals surface area contributed by atoms with Crippen molar-refractivity contribution in [2.24, 2.45) is 0 Å². The summed E-state index contributed by atoms with van der Waals surface area (Å²) in [4.78, 5) is 27.0. The zero-order chi connectivity index (χ0) is 13.1. The summed E-state index contributed by atoms with van der Waals surface area (Å²) in [6.07, 6.45) is 3.69. The van der Waals surface area contributed by atoms with Crippen molar-refractivity contribution in [1.29, 1.82) is 0 Å². The van der Waals surface area contributed by atoms with Gasteiger partial charge >= 0.3 is 12.0 Å². The number of hydrogen-bond donors (Lipinski definition) is 3. The Kier molecular flexibility index (Phi) is 3.47. The molecule has 0 aliphatic rings. The lowest BCUT2D eigenvalue weighted by Gasteiger charge is -2.09. The van der Waals surface area contributed by atoms with Gasteiger partial charge in [0, 0.05) is 17.8 Å². The van der Waals surface area contributed by atoms with Crippen LogP contribution < -0.4 is 10.6 Å². The van der Waals surface area contributed by atoms with Gasteiger partial charge in [-0.2, -0.15) is 0 Å². The second kappa shape index (κ2) is 5.05. The Balaban J connectivity index is 1.86. The average molecular weight is 268 g/mol. The maximum atomic E-state index is 11.4. The molecule has 0 radical (unpaired) electrons. The number of rotatable bonds is 4. The molecule has 3 N–H and O–H groups in total. The third-order valence-corrected chi connectivity index (χ3v) is 3.06. The lowest BCUT2D eigenvalue weighted by molar-refractivity contribution is -0.138. The van der Waals surface area contributed by atoms with E-state index in [1.54, 1.807) is 0 Å². The molecule has 2 aromatic heterocycles. The SMILES string of the molecule is CC(NC(=O)NCc1cn2ccsc2n1)C(=O)O. The van der Waals surface area contributed by atoms with Crippen molar-refractivity contribution < 1.29 is 14.7 Å². The number of carbonyl (C=O) groups is 2. The largest absolute Gasteiger partial charge is 0.480 e. The fourth-order valence-corrected chi connectivity index (χ4v) is 2.06. The molecule has 0 saturated carbocycles. The number of thiazole rings is 1. The molecule has 2 amide bonds. The summed E-state index contributed by atoms with van der Waals surface area (Å²) in [5.74, 6) is -1.08. The number of fused-ring (bicyclic) bond motifs is 1. The third-order valence-electron chi connectivity index (χ3n) is 2.29. The first kappa shape index (κ1) is 12.4. The van der Waals surface area contributed by atoms with Gasteiger partial charge in [-0.25, -0.2) is 9.78 Å². The Morgan fingerprint density at radius 2 is 2.39 bits per heavy atom. The minimum Gasteiger partial charge on any atom is -0.480 e. The molecule has 0 aliphatic heterocycles. The van der Waals surface area contributed by atoms with Crippen molar-refractivity contribution in [3.05, 3.63) is 23.5 Å². The number of aromatic nitrogens is 2. The van der Waals surface area contributed by atoms with Crippen LogP contribution in [0, 0.1) is 0 Å². The lowest BCUT2D eigenvalue weighted by atomic mass is 10.3. The van der Waals surface area contributed by atoms with Crippen LogP contribution in [0.15, 0.2) is 17.8 Å². The van der Waals surface area contributed by atoms with Crippen LogP contribution in [0.2, 0.25) is 0 Å². The van der Waals surface area contributed by atoms with E-state index in [2.05, 4.69) is 15.6 Å². The smallest absolute Gasteiger partial charge is 0.325 e. The summed E-state index contributed by atoms with van der Waals surface area (Å²) < 4.78 is 1.86. The van der Waals surface area contributed by atoms with Gasteiger partial charge in [0.05, 0.1) is 12.2 Å². The fraction of sp³-hybridized carbons (Fsp3) is 0.300. The van der Waals surface area contributed by atoms with Crippen LogP contribution in [-0.4, -0.2) is 32.5 Å². The van der Waals surface area contributed by atoms with E-state index in [1.807, 2.05) is 22.2 Å². The highest BCUT2D eigenvalue weighted by atomic mass is 32.1. The molecule has 2 aromatic rings. The van der Waals surface area contributed by atoms with Gasteiger partial charge in [0.1, 0.15) is 6.04 Å². The molecule has 1 atom stereocenters. The van der Waals surface area contributed by atoms with Gasteiger partial charge in [-0.3, -0.25) is 9.20 Å². The van der Waals surface area contributed by atoms with E-state index in [4.69, 9.17) is 5.11 Å². The molecule has 0 aromatic carbocycles. The molecule has 96 valence electrons. The number of hydrogen-bond acceptors (Lipinski definition) is 4. The average Bonchev–Trinajstić information content (AvgIpc) is 2.86. The highest BCUT2D eigenvalue weighted by Crippen LogP contribution is 2.10. The van der Waals surface area contributed by atoms with Gasteiger partial charge in [0.2, 0.25) is 0 Å². The summed E-state index contributed by atoms with van der Waals surface area (Å²) in [5, 5.41) is 15.4. The number of aliphatic carboxylic acids is 1. The van der Waals surface area contributed by atoms with Crippen molar-refractivity contribution in [3.63, 3.8) is 0 Å². The molecule has 1 unspecified atom stereocenters. The first-order valence-electron chi connectivity index (χ1n) is 5.24. The van der Waals surface area contributed by atoms with Gasteiger partial charge in [-0.1, -0.05) is 0 Å². The molecule has 0 bridgehead atoms. The highest BCUT2D eigenvalue weighted by molar-refractivity contribution is 7.15. The summed E-state index contributed by atoms with van der Waals surface area (Å²) >= 11 is 1.50. The molecule has 2 rings (SSSR count). The predicted octanol–water partition coefficient (Wildman–Crippen LogP) is 0.668. The first-order valence-corrected chi connectivity index (χ1v) is 6.12. The number of imidazole rings is 1. The minimum atomic E-state index is -1.08. The molecule has 0 fully saturated rings. The van der Waals surface area contributed by atoms with Crippen LogP contribution >= 0.6 is 11.3 Å². The summed E-state index contributed by atoms with van der Waals surface area (Å²) in [6, 6.07) is -1.45. The molecule has 18 heavy (non-hydrogen) atoms. The van der Waals surface area contributed by atoms with Crippen molar-refractivity contribution >= 4 is 28.3 Å². The number of carboxylic acid groups (broad SMARTS) is 1. The third kappa shape index (κ3) is 2.77. The van der Waals surface area contributed by atoms with Crippen molar-refractivity contribution in [3.8, 4) is 0 Å². The molecule has 8 heteroatoms. The lowest BCUT2D eigenvalue weighted by Crippen LogP contribution is -2.44. The van der Waals surface area contributed by atoms with E-state index in [9.17, 15) is 9.59 Å². The van der Waals surface area contributed by atoms with E-state index >= 15 is 0 Å². The molecule has 0 aliphatic carbocycles. The number of nitrogens with zero attached hydrogens (tertiary/aromatic N) is 2. The summed E-state index contributed by atoms with van der Waals surface area (Å²) in [7, 11) is 0. The molecule has 0 spiro atoms.